The van der Waals surface area contributed by atoms with E-state index < -0.39 is 0 Å². The van der Waals surface area contributed by atoms with Gasteiger partial charge in [0.2, 0.25) is 5.89 Å². The van der Waals surface area contributed by atoms with Crippen molar-refractivity contribution in [2.45, 2.75) is 13.5 Å². The molecule has 0 radical (unpaired) electrons. The van der Waals surface area contributed by atoms with Gasteiger partial charge in [-0.3, -0.25) is 0 Å². The molecule has 2 aromatic rings. The molecule has 0 bridgehead atoms. The highest BCUT2D eigenvalue weighted by Crippen LogP contribution is 2.19. The van der Waals surface area contributed by atoms with Crippen LogP contribution in [0.1, 0.15) is 12.8 Å². The molecule has 0 aliphatic heterocycles. The van der Waals surface area contributed by atoms with Crippen LogP contribution in [-0.2, 0) is 6.54 Å². The van der Waals surface area contributed by atoms with E-state index in [2.05, 4.69) is 25.1 Å². The van der Waals surface area contributed by atoms with Crippen molar-refractivity contribution >= 4 is 11.5 Å². The van der Waals surface area contributed by atoms with Gasteiger partial charge in [-0.2, -0.15) is 0 Å². The van der Waals surface area contributed by atoms with Crippen molar-refractivity contribution in [3.8, 4) is 10.8 Å². The van der Waals surface area contributed by atoms with Crippen LogP contribution in [0, 0.1) is 0 Å². The lowest BCUT2D eigenvalue weighted by Gasteiger charge is -1.92. The second-order valence-electron chi connectivity index (χ2n) is 2.56. The molecule has 6 nitrogen and oxygen atoms in total. The summed E-state index contributed by atoms with van der Waals surface area (Å²) in [6.07, 6.45) is 1.61. The van der Waals surface area contributed by atoms with Gasteiger partial charge in [-0.05, 0) is 18.1 Å². The van der Waals surface area contributed by atoms with E-state index in [1.165, 1.54) is 11.5 Å². The van der Waals surface area contributed by atoms with E-state index in [-0.39, 0.29) is 0 Å². The highest BCUT2D eigenvalue weighted by atomic mass is 32.1. The smallest absolute Gasteiger partial charge is 0.261 e. The van der Waals surface area contributed by atoms with E-state index in [1.54, 1.807) is 6.20 Å². The molecule has 0 unspecified atom stereocenters. The molecular formula is C7H9N5OS. The van der Waals surface area contributed by atoms with Gasteiger partial charge in [0.15, 0.2) is 0 Å². The van der Waals surface area contributed by atoms with Gasteiger partial charge < -0.3 is 9.73 Å². The van der Waals surface area contributed by atoms with Crippen molar-refractivity contribution in [2.75, 3.05) is 6.54 Å². The van der Waals surface area contributed by atoms with E-state index in [1.807, 2.05) is 6.92 Å². The van der Waals surface area contributed by atoms with Gasteiger partial charge in [-0.15, -0.1) is 15.3 Å². The quantitative estimate of drug-likeness (QED) is 0.802. The molecule has 0 fully saturated rings. The van der Waals surface area contributed by atoms with Crippen molar-refractivity contribution in [3.05, 3.63) is 12.1 Å². The predicted molar refractivity (Wildman–Crippen MR) is 50.6 cm³/mol. The summed E-state index contributed by atoms with van der Waals surface area (Å²) in [5.41, 5.74) is 0. The molecule has 2 heterocycles. The number of aromatic nitrogens is 4. The molecule has 0 aromatic carbocycles. The van der Waals surface area contributed by atoms with Gasteiger partial charge in [0.05, 0.1) is 12.7 Å². The highest BCUT2D eigenvalue weighted by Gasteiger charge is 2.09. The van der Waals surface area contributed by atoms with Gasteiger partial charge in [0, 0.05) is 0 Å². The normalized spacial score (nSPS) is 10.6. The Bertz CT molecular complexity index is 384. The summed E-state index contributed by atoms with van der Waals surface area (Å²) in [6.45, 7) is 3.49. The van der Waals surface area contributed by atoms with Crippen LogP contribution in [-0.4, -0.2) is 26.3 Å². The maximum atomic E-state index is 5.38. The van der Waals surface area contributed by atoms with Crippen LogP contribution in [0.4, 0.5) is 0 Å². The maximum absolute atomic E-state index is 5.38. The lowest BCUT2D eigenvalue weighted by Crippen LogP contribution is -2.11. The monoisotopic (exact) mass is 211 g/mol. The molecule has 0 aliphatic rings. The highest BCUT2D eigenvalue weighted by molar-refractivity contribution is 7.09. The summed E-state index contributed by atoms with van der Waals surface area (Å²) in [4.78, 5) is 0.792. The van der Waals surface area contributed by atoms with E-state index in [0.29, 0.717) is 18.3 Å². The summed E-state index contributed by atoms with van der Waals surface area (Å²) in [5, 5.41) is 14.6. The number of hydrogen-bond donors (Lipinski definition) is 1. The zero-order valence-electron chi connectivity index (χ0n) is 7.60. The summed E-state index contributed by atoms with van der Waals surface area (Å²) in [7, 11) is 0. The molecule has 0 spiro atoms. The number of hydrogen-bond acceptors (Lipinski definition) is 7. The second-order valence-corrected chi connectivity index (χ2v) is 3.35. The first-order valence-electron chi connectivity index (χ1n) is 4.21. The molecule has 0 aliphatic carbocycles. The minimum absolute atomic E-state index is 0.480. The van der Waals surface area contributed by atoms with Crippen LogP contribution < -0.4 is 5.32 Å². The van der Waals surface area contributed by atoms with Crippen LogP contribution in [0.5, 0.6) is 0 Å². The first-order chi connectivity index (χ1) is 6.90. The van der Waals surface area contributed by atoms with E-state index >= 15 is 0 Å². The Morgan fingerprint density at radius 1 is 1.50 bits per heavy atom. The Hall–Kier alpha value is -1.34. The first-order valence-corrected chi connectivity index (χ1v) is 4.98. The Kier molecular flexibility index (Phi) is 2.80. The average Bonchev–Trinajstić information content (AvgIpc) is 2.85. The molecule has 2 aromatic heterocycles. The maximum Gasteiger partial charge on any atom is 0.261 e. The van der Waals surface area contributed by atoms with Gasteiger partial charge in [-0.1, -0.05) is 11.4 Å². The fourth-order valence-electron chi connectivity index (χ4n) is 0.918. The first kappa shape index (κ1) is 9.22. The molecule has 2 rings (SSSR count). The van der Waals surface area contributed by atoms with Crippen LogP contribution >= 0.6 is 11.5 Å². The summed E-state index contributed by atoms with van der Waals surface area (Å²) >= 11 is 1.24. The van der Waals surface area contributed by atoms with Gasteiger partial charge in [-0.25, -0.2) is 0 Å². The average molecular weight is 211 g/mol. The largest absolute Gasteiger partial charge is 0.418 e. The standard InChI is InChI=1S/C7H9N5OS/c1-2-8-4-6-10-11-7(13-6)5-3-9-12-14-5/h3,8H,2,4H2,1H3. The summed E-state index contributed by atoms with van der Waals surface area (Å²) in [6, 6.07) is 0. The molecule has 0 saturated heterocycles. The van der Waals surface area contributed by atoms with E-state index in [0.717, 1.165) is 11.4 Å². The minimum atomic E-state index is 0.480. The Morgan fingerprint density at radius 2 is 2.43 bits per heavy atom. The molecule has 0 amide bonds. The predicted octanol–water partition coefficient (Wildman–Crippen LogP) is 0.698. The molecule has 1 N–H and O–H groups in total. The zero-order chi connectivity index (χ0) is 9.80. The van der Waals surface area contributed by atoms with Crippen molar-refractivity contribution in [1.82, 2.24) is 25.1 Å². The SMILES string of the molecule is CCNCc1nnc(-c2cnns2)o1. The number of nitrogens with zero attached hydrogens (tertiary/aromatic N) is 4. The van der Waals surface area contributed by atoms with Crippen molar-refractivity contribution in [3.63, 3.8) is 0 Å². The minimum Gasteiger partial charge on any atom is -0.418 e. The van der Waals surface area contributed by atoms with Crippen LogP contribution in [0.15, 0.2) is 10.6 Å². The Morgan fingerprint density at radius 3 is 3.14 bits per heavy atom. The molecule has 7 heteroatoms. The molecule has 0 atom stereocenters. The Balaban J connectivity index is 2.10. The number of rotatable bonds is 4. The van der Waals surface area contributed by atoms with Crippen molar-refractivity contribution in [2.24, 2.45) is 0 Å². The van der Waals surface area contributed by atoms with Gasteiger partial charge in [0.1, 0.15) is 4.88 Å². The molecule has 74 valence electrons. The third-order valence-electron chi connectivity index (χ3n) is 1.57. The third-order valence-corrected chi connectivity index (χ3v) is 2.22. The molecule has 14 heavy (non-hydrogen) atoms. The fourth-order valence-corrected chi connectivity index (χ4v) is 1.36. The van der Waals surface area contributed by atoms with E-state index in [9.17, 15) is 0 Å². The summed E-state index contributed by atoms with van der Waals surface area (Å²) < 4.78 is 9.09. The van der Waals surface area contributed by atoms with Gasteiger partial charge >= 0.3 is 0 Å². The third kappa shape index (κ3) is 1.94. The van der Waals surface area contributed by atoms with Crippen molar-refractivity contribution < 1.29 is 4.42 Å². The lowest BCUT2D eigenvalue weighted by atomic mass is 10.5. The molecular weight excluding hydrogens is 202 g/mol. The van der Waals surface area contributed by atoms with Crippen molar-refractivity contribution in [1.29, 1.82) is 0 Å². The Labute approximate surface area is 84.5 Å². The zero-order valence-corrected chi connectivity index (χ0v) is 8.41. The van der Waals surface area contributed by atoms with E-state index in [4.69, 9.17) is 4.42 Å². The van der Waals surface area contributed by atoms with Crippen LogP contribution in [0.3, 0.4) is 0 Å². The molecule has 0 saturated carbocycles. The van der Waals surface area contributed by atoms with Crippen LogP contribution in [0.25, 0.3) is 10.8 Å². The van der Waals surface area contributed by atoms with Gasteiger partial charge in [0.25, 0.3) is 5.89 Å². The summed E-state index contributed by atoms with van der Waals surface area (Å²) in [5.74, 6) is 1.06. The second kappa shape index (κ2) is 4.25. The lowest BCUT2D eigenvalue weighted by molar-refractivity contribution is 0.483. The van der Waals surface area contributed by atoms with Crippen LogP contribution in [0.2, 0.25) is 0 Å². The number of nitrogens with one attached hydrogen (secondary N) is 1. The topological polar surface area (TPSA) is 76.7 Å². The fraction of sp³-hybridized carbons (Fsp3) is 0.429.